The Morgan fingerprint density at radius 1 is 1.11 bits per heavy atom. The predicted octanol–water partition coefficient (Wildman–Crippen LogP) is 5.02. The third kappa shape index (κ3) is 3.48. The number of methoxy groups -OCH3 is 1. The molecule has 2 N–H and O–H groups in total. The second-order valence-electron chi connectivity index (χ2n) is 6.17. The molecule has 6 heteroatoms. The highest BCUT2D eigenvalue weighted by molar-refractivity contribution is 8.15. The molecule has 1 aliphatic rings. The van der Waals surface area contributed by atoms with Crippen molar-refractivity contribution in [3.05, 3.63) is 60.7 Å². The van der Waals surface area contributed by atoms with Gasteiger partial charge in [-0.15, -0.1) is 0 Å². The molecular formula is C21H19N3O2S. The van der Waals surface area contributed by atoms with E-state index in [0.717, 1.165) is 22.1 Å². The van der Waals surface area contributed by atoms with Crippen LogP contribution in [0, 0.1) is 0 Å². The van der Waals surface area contributed by atoms with Crippen molar-refractivity contribution in [1.82, 2.24) is 0 Å². The number of hydrogen-bond donors (Lipinski definition) is 2. The summed E-state index contributed by atoms with van der Waals surface area (Å²) in [5.74, 6) is 0.530. The Labute approximate surface area is 161 Å². The zero-order chi connectivity index (χ0) is 18.8. The largest absolute Gasteiger partial charge is 0.495 e. The number of ether oxygens (including phenoxy) is 1. The van der Waals surface area contributed by atoms with Gasteiger partial charge in [-0.1, -0.05) is 48.2 Å². The van der Waals surface area contributed by atoms with Crippen LogP contribution in [0.4, 0.5) is 17.1 Å². The lowest BCUT2D eigenvalue weighted by Gasteiger charge is -2.20. The molecule has 3 aromatic rings. The van der Waals surface area contributed by atoms with Crippen LogP contribution in [0.1, 0.15) is 6.92 Å². The third-order valence-electron chi connectivity index (χ3n) is 4.37. The lowest BCUT2D eigenvalue weighted by Crippen LogP contribution is -2.26. The van der Waals surface area contributed by atoms with Crippen molar-refractivity contribution in [3.63, 3.8) is 0 Å². The topological polar surface area (TPSA) is 62.7 Å². The summed E-state index contributed by atoms with van der Waals surface area (Å²) in [6.45, 7) is 1.86. The smallest absolute Gasteiger partial charge is 0.237 e. The van der Waals surface area contributed by atoms with E-state index in [0.29, 0.717) is 16.6 Å². The van der Waals surface area contributed by atoms with Gasteiger partial charge in [0.05, 0.1) is 29.4 Å². The molecule has 4 rings (SSSR count). The number of rotatable bonds is 4. The Kier molecular flexibility index (Phi) is 4.73. The number of hydrogen-bond acceptors (Lipinski definition) is 5. The standard InChI is InChI=1S/C21H19N3O2S/c1-13(20(25)22-15-9-3-4-12-18(15)26-2)27-21-23-16-10-5-7-14-8-6-11-17(24-21)19(14)16/h3-13H,1-2H3,(H,22,25)(H,23,24)/t13-/m0/s1. The number of nitrogens with one attached hydrogen (secondary N) is 2. The monoisotopic (exact) mass is 377 g/mol. The maximum atomic E-state index is 12.6. The zero-order valence-corrected chi connectivity index (χ0v) is 15.8. The van der Waals surface area contributed by atoms with Gasteiger partial charge in [0.25, 0.3) is 0 Å². The third-order valence-corrected chi connectivity index (χ3v) is 5.35. The summed E-state index contributed by atoms with van der Waals surface area (Å²) in [4.78, 5) is 17.3. The van der Waals surface area contributed by atoms with Gasteiger partial charge in [0.1, 0.15) is 5.75 Å². The molecule has 0 saturated heterocycles. The Bertz CT molecular complexity index is 1040. The molecule has 0 bridgehead atoms. The quantitative estimate of drug-likeness (QED) is 0.670. The number of benzene rings is 3. The number of aliphatic imine (C=N–C) groups is 1. The molecule has 0 spiro atoms. The Morgan fingerprint density at radius 2 is 1.89 bits per heavy atom. The second-order valence-corrected chi connectivity index (χ2v) is 7.50. The van der Waals surface area contributed by atoms with Crippen LogP contribution in [0.3, 0.4) is 0 Å². The Hall–Kier alpha value is -2.99. The number of amidine groups is 1. The van der Waals surface area contributed by atoms with Crippen molar-refractivity contribution in [2.45, 2.75) is 12.2 Å². The van der Waals surface area contributed by atoms with Crippen molar-refractivity contribution in [2.75, 3.05) is 17.7 Å². The number of nitrogens with zero attached hydrogens (tertiary/aromatic N) is 1. The number of carbonyl (C=O) groups excluding carboxylic acids is 1. The molecule has 0 fully saturated rings. The molecule has 3 aromatic carbocycles. The van der Waals surface area contributed by atoms with Crippen LogP contribution in [0.15, 0.2) is 65.7 Å². The first-order valence-electron chi connectivity index (χ1n) is 8.63. The van der Waals surface area contributed by atoms with Crippen molar-refractivity contribution in [3.8, 4) is 5.75 Å². The maximum Gasteiger partial charge on any atom is 0.237 e. The van der Waals surface area contributed by atoms with E-state index in [2.05, 4.69) is 22.8 Å². The van der Waals surface area contributed by atoms with Gasteiger partial charge in [-0.05, 0) is 36.6 Å². The predicted molar refractivity (Wildman–Crippen MR) is 113 cm³/mol. The number of amides is 1. The lowest BCUT2D eigenvalue weighted by atomic mass is 10.1. The van der Waals surface area contributed by atoms with E-state index in [4.69, 9.17) is 9.73 Å². The van der Waals surface area contributed by atoms with E-state index in [9.17, 15) is 4.79 Å². The average Bonchev–Trinajstić information content (AvgIpc) is 2.68. The molecule has 1 heterocycles. The van der Waals surface area contributed by atoms with Gasteiger partial charge in [-0.25, -0.2) is 4.99 Å². The molecule has 1 amide bonds. The molecule has 5 nitrogen and oxygen atoms in total. The van der Waals surface area contributed by atoms with Crippen LogP contribution in [0.5, 0.6) is 5.75 Å². The zero-order valence-electron chi connectivity index (χ0n) is 15.0. The van der Waals surface area contributed by atoms with Crippen molar-refractivity contribution in [1.29, 1.82) is 0 Å². The van der Waals surface area contributed by atoms with Crippen LogP contribution < -0.4 is 15.4 Å². The van der Waals surface area contributed by atoms with Crippen molar-refractivity contribution < 1.29 is 9.53 Å². The number of anilines is 2. The molecule has 0 unspecified atom stereocenters. The van der Waals surface area contributed by atoms with E-state index in [1.807, 2.05) is 55.5 Å². The summed E-state index contributed by atoms with van der Waals surface area (Å²) < 4.78 is 5.29. The van der Waals surface area contributed by atoms with Crippen LogP contribution in [0.25, 0.3) is 10.8 Å². The average molecular weight is 377 g/mol. The number of para-hydroxylation sites is 2. The van der Waals surface area contributed by atoms with Crippen LogP contribution >= 0.6 is 11.8 Å². The van der Waals surface area contributed by atoms with Gasteiger partial charge >= 0.3 is 0 Å². The van der Waals surface area contributed by atoms with E-state index >= 15 is 0 Å². The first-order chi connectivity index (χ1) is 13.2. The fourth-order valence-corrected chi connectivity index (χ4v) is 3.85. The van der Waals surface area contributed by atoms with E-state index in [-0.39, 0.29) is 11.2 Å². The highest BCUT2D eigenvalue weighted by Gasteiger charge is 2.21. The van der Waals surface area contributed by atoms with Crippen molar-refractivity contribution >= 4 is 50.7 Å². The highest BCUT2D eigenvalue weighted by atomic mass is 32.2. The van der Waals surface area contributed by atoms with E-state index < -0.39 is 0 Å². The SMILES string of the molecule is COc1ccccc1NC(=O)[C@H](C)SC1=Nc2cccc3cccc(c23)N1. The number of thioether (sulfide) groups is 1. The summed E-state index contributed by atoms with van der Waals surface area (Å²) in [6, 6.07) is 19.5. The summed E-state index contributed by atoms with van der Waals surface area (Å²) >= 11 is 1.40. The lowest BCUT2D eigenvalue weighted by molar-refractivity contribution is -0.115. The first-order valence-corrected chi connectivity index (χ1v) is 9.51. The molecule has 0 aromatic heterocycles. The molecule has 0 saturated carbocycles. The highest BCUT2D eigenvalue weighted by Crippen LogP contribution is 2.37. The Balaban J connectivity index is 1.51. The van der Waals surface area contributed by atoms with Gasteiger partial charge in [-0.3, -0.25) is 4.79 Å². The molecule has 136 valence electrons. The second kappa shape index (κ2) is 7.32. The van der Waals surface area contributed by atoms with Crippen LogP contribution in [0.2, 0.25) is 0 Å². The Morgan fingerprint density at radius 3 is 2.70 bits per heavy atom. The minimum atomic E-state index is -0.328. The first kappa shape index (κ1) is 17.4. The van der Waals surface area contributed by atoms with Gasteiger partial charge in [0.2, 0.25) is 5.91 Å². The molecular weight excluding hydrogens is 358 g/mol. The molecule has 1 aliphatic heterocycles. The minimum absolute atomic E-state index is 0.105. The van der Waals surface area contributed by atoms with Crippen LogP contribution in [-0.2, 0) is 4.79 Å². The van der Waals surface area contributed by atoms with Gasteiger partial charge in [-0.2, -0.15) is 0 Å². The van der Waals surface area contributed by atoms with Crippen LogP contribution in [-0.4, -0.2) is 23.4 Å². The van der Waals surface area contributed by atoms with Gasteiger partial charge in [0, 0.05) is 5.39 Å². The van der Waals surface area contributed by atoms with Gasteiger partial charge < -0.3 is 15.4 Å². The molecule has 0 aliphatic carbocycles. The number of carbonyl (C=O) groups is 1. The maximum absolute atomic E-state index is 12.6. The van der Waals surface area contributed by atoms with Gasteiger partial charge in [0.15, 0.2) is 5.17 Å². The van der Waals surface area contributed by atoms with E-state index in [1.54, 1.807) is 7.11 Å². The molecule has 0 radical (unpaired) electrons. The van der Waals surface area contributed by atoms with Crippen molar-refractivity contribution in [2.24, 2.45) is 4.99 Å². The fraction of sp³-hybridized carbons (Fsp3) is 0.143. The summed E-state index contributed by atoms with van der Waals surface area (Å²) in [7, 11) is 1.59. The summed E-state index contributed by atoms with van der Waals surface area (Å²) in [6.07, 6.45) is 0. The summed E-state index contributed by atoms with van der Waals surface area (Å²) in [5, 5.41) is 8.90. The molecule has 27 heavy (non-hydrogen) atoms. The van der Waals surface area contributed by atoms with E-state index in [1.165, 1.54) is 11.8 Å². The normalized spacial score (nSPS) is 13.5. The fourth-order valence-electron chi connectivity index (χ4n) is 3.03. The summed E-state index contributed by atoms with van der Waals surface area (Å²) in [5.41, 5.74) is 2.59. The molecule has 1 atom stereocenters. The minimum Gasteiger partial charge on any atom is -0.495 e.